The molecule has 1 N–H and O–H groups in total. The van der Waals surface area contributed by atoms with E-state index in [-0.39, 0.29) is 35.5 Å². The molecule has 1 saturated heterocycles. The number of anilines is 1. The van der Waals surface area contributed by atoms with Crippen LogP contribution in [-0.2, 0) is 28.5 Å². The number of aromatic nitrogens is 2. The van der Waals surface area contributed by atoms with Gasteiger partial charge >= 0.3 is 5.69 Å². The number of methoxy groups -OCH3 is 1. The van der Waals surface area contributed by atoms with Crippen molar-refractivity contribution in [1.29, 1.82) is 0 Å². The second kappa shape index (κ2) is 20.5. The standard InChI is InChI=1S/C49H63N4O8PSi/c1-34(2)53(35(3)4)62(57-9)60-44-43(61-63(10,11)48(5,6)7)41(59-46(44)52-32-31-42(51-47(52)55)50-45(54)36-21-15-12-16-22-36)33-58-49(37-23-17-13-18-24-37,38-25-19-14-20-26-38)39-27-29-40(56-8)30-28-39/h12-32,34-35,41,43-44,46H,33H2,1-11H3,(H,50,51,54,55)/t41-,43-,44-,46-,62?/m1/s1. The lowest BCUT2D eigenvalue weighted by atomic mass is 9.80. The van der Waals surface area contributed by atoms with Gasteiger partial charge in [0, 0.05) is 31.0 Å². The zero-order valence-electron chi connectivity index (χ0n) is 38.4. The lowest BCUT2D eigenvalue weighted by molar-refractivity contribution is -0.0944. The second-order valence-electron chi connectivity index (χ2n) is 17.7. The van der Waals surface area contributed by atoms with Crippen LogP contribution in [-0.4, -0.2) is 79.7 Å². The number of carbonyl (C=O) groups is 1. The third kappa shape index (κ3) is 10.7. The van der Waals surface area contributed by atoms with Crippen molar-refractivity contribution in [1.82, 2.24) is 14.2 Å². The molecule has 4 aromatic carbocycles. The molecular formula is C49H63N4O8PSi. The Labute approximate surface area is 375 Å². The number of hydrogen-bond acceptors (Lipinski definition) is 10. The predicted molar refractivity (Wildman–Crippen MR) is 251 cm³/mol. The number of ether oxygens (including phenoxy) is 3. The molecule has 0 aliphatic carbocycles. The maximum atomic E-state index is 14.2. The molecule has 5 aromatic rings. The largest absolute Gasteiger partial charge is 0.497 e. The minimum atomic E-state index is -2.59. The number of hydrogen-bond donors (Lipinski definition) is 1. The van der Waals surface area contributed by atoms with Crippen LogP contribution in [0, 0.1) is 0 Å². The molecule has 12 nitrogen and oxygen atoms in total. The molecule has 14 heteroatoms. The van der Waals surface area contributed by atoms with Crippen molar-refractivity contribution >= 4 is 28.6 Å². The van der Waals surface area contributed by atoms with E-state index in [2.05, 4.69) is 101 Å². The molecule has 1 aliphatic rings. The van der Waals surface area contributed by atoms with E-state index in [4.69, 9.17) is 27.7 Å². The first kappa shape index (κ1) is 47.9. The summed E-state index contributed by atoms with van der Waals surface area (Å²) < 4.78 is 44.4. The van der Waals surface area contributed by atoms with Gasteiger partial charge < -0.3 is 33.0 Å². The van der Waals surface area contributed by atoms with Gasteiger partial charge in [0.05, 0.1) is 13.7 Å². The first-order valence-corrected chi connectivity index (χ1v) is 25.5. The average molecular weight is 895 g/mol. The third-order valence-electron chi connectivity index (χ3n) is 11.8. The topological polar surface area (TPSA) is 123 Å². The van der Waals surface area contributed by atoms with Crippen molar-refractivity contribution in [3.05, 3.63) is 160 Å². The molecule has 0 saturated carbocycles. The highest BCUT2D eigenvalue weighted by Crippen LogP contribution is 2.52. The van der Waals surface area contributed by atoms with Crippen LogP contribution in [0.4, 0.5) is 5.82 Å². The van der Waals surface area contributed by atoms with Gasteiger partial charge in [-0.3, -0.25) is 9.36 Å². The van der Waals surface area contributed by atoms with E-state index in [1.54, 1.807) is 50.7 Å². The van der Waals surface area contributed by atoms with Crippen LogP contribution in [0.15, 0.2) is 132 Å². The Hall–Kier alpha value is -4.56. The average Bonchev–Trinajstić information content (AvgIpc) is 3.59. The Balaban J connectivity index is 1.49. The molecule has 0 bridgehead atoms. The maximum Gasteiger partial charge on any atom is 0.351 e. The van der Waals surface area contributed by atoms with E-state index >= 15 is 0 Å². The summed E-state index contributed by atoms with van der Waals surface area (Å²) in [4.78, 5) is 31.6. The number of carbonyl (C=O) groups excluding carboxylic acids is 1. The van der Waals surface area contributed by atoms with Crippen LogP contribution in [0.1, 0.15) is 81.7 Å². The van der Waals surface area contributed by atoms with E-state index < -0.39 is 52.7 Å². The van der Waals surface area contributed by atoms with Crippen molar-refractivity contribution < 1.29 is 32.5 Å². The molecule has 1 fully saturated rings. The molecule has 1 aromatic heterocycles. The summed E-state index contributed by atoms with van der Waals surface area (Å²) in [7, 11) is -1.01. The van der Waals surface area contributed by atoms with Crippen LogP contribution >= 0.6 is 8.53 Å². The van der Waals surface area contributed by atoms with Crippen molar-refractivity contribution in [2.75, 3.05) is 26.1 Å². The van der Waals surface area contributed by atoms with Gasteiger partial charge in [0.1, 0.15) is 35.5 Å². The Morgan fingerprint density at radius 3 is 1.84 bits per heavy atom. The number of amides is 1. The van der Waals surface area contributed by atoms with Crippen LogP contribution < -0.4 is 15.7 Å². The van der Waals surface area contributed by atoms with E-state index in [1.165, 1.54) is 4.57 Å². The summed E-state index contributed by atoms with van der Waals surface area (Å²) in [6.45, 7) is 19.4. The zero-order chi connectivity index (χ0) is 45.5. The first-order chi connectivity index (χ1) is 30.0. The lowest BCUT2D eigenvalue weighted by Crippen LogP contribution is -2.51. The minimum absolute atomic E-state index is 0.0296. The maximum absolute atomic E-state index is 14.2. The number of benzene rings is 4. The molecular weight excluding hydrogens is 832 g/mol. The number of nitrogens with zero attached hydrogens (tertiary/aromatic N) is 3. The molecule has 336 valence electrons. The fourth-order valence-electron chi connectivity index (χ4n) is 7.69. The van der Waals surface area contributed by atoms with Gasteiger partial charge in [0.2, 0.25) is 0 Å². The smallest absolute Gasteiger partial charge is 0.351 e. The molecule has 1 aliphatic heterocycles. The van der Waals surface area contributed by atoms with Crippen LogP contribution in [0.3, 0.4) is 0 Å². The lowest BCUT2D eigenvalue weighted by Gasteiger charge is -2.42. The van der Waals surface area contributed by atoms with Crippen LogP contribution in [0.5, 0.6) is 5.75 Å². The van der Waals surface area contributed by atoms with Gasteiger partial charge in [-0.1, -0.05) is 112 Å². The SMILES string of the molecule is COc1ccc(C(OC[C@H]2O[C@@H](n3ccc(NC(=O)c4ccccc4)nc3=O)[C@H](OP(OC)N(C(C)C)C(C)C)[C@@H]2O[Si](C)(C)C(C)(C)C)(c2ccccc2)c2ccccc2)cc1. The number of nitrogens with one attached hydrogen (secondary N) is 1. The van der Waals surface area contributed by atoms with E-state index in [1.807, 2.05) is 66.7 Å². The van der Waals surface area contributed by atoms with Gasteiger partial charge in [-0.05, 0) is 92.8 Å². The quantitative estimate of drug-likeness (QED) is 0.0517. The molecule has 5 atom stereocenters. The molecule has 1 amide bonds. The summed E-state index contributed by atoms with van der Waals surface area (Å²) in [5.74, 6) is 0.438. The normalized spacial score (nSPS) is 18.8. The molecule has 1 unspecified atom stereocenters. The van der Waals surface area contributed by atoms with Gasteiger partial charge in [-0.25, -0.2) is 9.46 Å². The van der Waals surface area contributed by atoms with Gasteiger partial charge in [0.25, 0.3) is 14.4 Å². The fourth-order valence-corrected chi connectivity index (χ4v) is 10.6. The Bertz CT molecular complexity index is 2240. The summed E-state index contributed by atoms with van der Waals surface area (Å²) in [5.41, 5.74) is 1.38. The monoisotopic (exact) mass is 894 g/mol. The number of rotatable bonds is 18. The van der Waals surface area contributed by atoms with Crippen LogP contribution in [0.2, 0.25) is 18.1 Å². The van der Waals surface area contributed by atoms with Gasteiger partial charge in [-0.15, -0.1) is 0 Å². The third-order valence-corrected chi connectivity index (χ3v) is 18.4. The summed E-state index contributed by atoms with van der Waals surface area (Å²) in [6.07, 6.45) is -1.81. The van der Waals surface area contributed by atoms with E-state index in [0.29, 0.717) is 5.56 Å². The van der Waals surface area contributed by atoms with E-state index in [0.717, 1.165) is 22.4 Å². The van der Waals surface area contributed by atoms with Crippen molar-refractivity contribution in [2.45, 2.75) is 109 Å². The van der Waals surface area contributed by atoms with Crippen molar-refractivity contribution in [2.24, 2.45) is 0 Å². The van der Waals surface area contributed by atoms with Gasteiger partial charge in [-0.2, -0.15) is 4.98 Å². The van der Waals surface area contributed by atoms with E-state index in [9.17, 15) is 9.59 Å². The van der Waals surface area contributed by atoms with Crippen molar-refractivity contribution in [3.63, 3.8) is 0 Å². The Morgan fingerprint density at radius 2 is 1.35 bits per heavy atom. The summed E-state index contributed by atoms with van der Waals surface area (Å²) in [5, 5.41) is 2.56. The Kier molecular flexibility index (Phi) is 15.6. The second-order valence-corrected chi connectivity index (χ2v) is 24.0. The Morgan fingerprint density at radius 1 is 0.810 bits per heavy atom. The fraction of sp³-hybridized carbons (Fsp3) is 0.408. The first-order valence-electron chi connectivity index (χ1n) is 21.5. The van der Waals surface area contributed by atoms with Crippen LogP contribution in [0.25, 0.3) is 0 Å². The van der Waals surface area contributed by atoms with Gasteiger partial charge in [0.15, 0.2) is 14.5 Å². The molecule has 6 rings (SSSR count). The highest BCUT2D eigenvalue weighted by molar-refractivity contribution is 7.44. The zero-order valence-corrected chi connectivity index (χ0v) is 40.2. The minimum Gasteiger partial charge on any atom is -0.497 e. The molecule has 2 heterocycles. The molecule has 63 heavy (non-hydrogen) atoms. The summed E-state index contributed by atoms with van der Waals surface area (Å²) >= 11 is 0. The summed E-state index contributed by atoms with van der Waals surface area (Å²) in [6, 6.07) is 38.6. The molecule has 0 radical (unpaired) electrons. The predicted octanol–water partition coefficient (Wildman–Crippen LogP) is 10.2. The molecule has 0 spiro atoms. The van der Waals surface area contributed by atoms with Crippen molar-refractivity contribution in [3.8, 4) is 5.75 Å². The highest BCUT2D eigenvalue weighted by Gasteiger charge is 2.54. The highest BCUT2D eigenvalue weighted by atomic mass is 31.2.